The fourth-order valence-corrected chi connectivity index (χ4v) is 2.26. The molecule has 0 spiro atoms. The van der Waals surface area contributed by atoms with Crippen LogP contribution in [0.5, 0.6) is 0 Å². The van der Waals surface area contributed by atoms with Crippen molar-refractivity contribution in [3.8, 4) is 0 Å². The molecule has 0 atom stereocenters. The molecule has 2 aromatic rings. The van der Waals surface area contributed by atoms with Crippen LogP contribution in [0.4, 0.5) is 5.69 Å². The van der Waals surface area contributed by atoms with Gasteiger partial charge in [-0.1, -0.05) is 11.6 Å². The van der Waals surface area contributed by atoms with Crippen molar-refractivity contribution in [2.75, 3.05) is 5.32 Å². The van der Waals surface area contributed by atoms with Crippen molar-refractivity contribution in [3.63, 3.8) is 0 Å². The van der Waals surface area contributed by atoms with E-state index in [1.54, 1.807) is 17.5 Å². The van der Waals surface area contributed by atoms with E-state index in [9.17, 15) is 0 Å². The van der Waals surface area contributed by atoms with Gasteiger partial charge < -0.3 is 5.32 Å². The first-order chi connectivity index (χ1) is 7.25. The number of benzene rings is 1. The Kier molecular flexibility index (Phi) is 3.61. The molecule has 0 amide bonds. The molecule has 0 fully saturated rings. The molecule has 1 heterocycles. The van der Waals surface area contributed by atoms with Gasteiger partial charge >= 0.3 is 0 Å². The van der Waals surface area contributed by atoms with Crippen LogP contribution in [0.1, 0.15) is 5.01 Å². The monoisotopic (exact) mass is 302 g/mol. The lowest BCUT2D eigenvalue weighted by molar-refractivity contribution is 1.10. The zero-order valence-corrected chi connectivity index (χ0v) is 10.9. The van der Waals surface area contributed by atoms with E-state index in [4.69, 9.17) is 11.6 Å². The van der Waals surface area contributed by atoms with Crippen molar-refractivity contribution in [1.29, 1.82) is 0 Å². The molecule has 0 aliphatic carbocycles. The Balaban J connectivity index is 2.07. The Morgan fingerprint density at radius 2 is 2.33 bits per heavy atom. The molecule has 0 bridgehead atoms. The third-order valence-corrected chi connectivity index (χ3v) is 3.55. The van der Waals surface area contributed by atoms with Crippen LogP contribution in [0.2, 0.25) is 5.02 Å². The van der Waals surface area contributed by atoms with Gasteiger partial charge in [0.1, 0.15) is 5.01 Å². The summed E-state index contributed by atoms with van der Waals surface area (Å²) < 4.78 is 1.00. The van der Waals surface area contributed by atoms with E-state index in [-0.39, 0.29) is 0 Å². The average molecular weight is 304 g/mol. The molecule has 15 heavy (non-hydrogen) atoms. The molecule has 0 aliphatic heterocycles. The average Bonchev–Trinajstić information content (AvgIpc) is 2.72. The molecule has 0 saturated carbocycles. The highest BCUT2D eigenvalue weighted by atomic mass is 79.9. The minimum Gasteiger partial charge on any atom is -0.378 e. The summed E-state index contributed by atoms with van der Waals surface area (Å²) in [6.45, 7) is 0.719. The summed E-state index contributed by atoms with van der Waals surface area (Å²) in [5.41, 5.74) is 0.984. The maximum Gasteiger partial charge on any atom is 0.112 e. The van der Waals surface area contributed by atoms with Gasteiger partial charge in [-0.3, -0.25) is 0 Å². The highest BCUT2D eigenvalue weighted by Gasteiger charge is 2.01. The molecule has 1 N–H and O–H groups in total. The quantitative estimate of drug-likeness (QED) is 0.920. The van der Waals surface area contributed by atoms with Gasteiger partial charge in [-0.25, -0.2) is 4.98 Å². The number of halogens is 2. The van der Waals surface area contributed by atoms with E-state index in [2.05, 4.69) is 26.2 Å². The Hall–Kier alpha value is -0.580. The van der Waals surface area contributed by atoms with Crippen LogP contribution in [-0.2, 0) is 6.54 Å². The standard InChI is InChI=1S/C10H8BrClN2S/c11-8-2-1-7(12)5-9(8)14-6-10-13-3-4-15-10/h1-5,14H,6H2. The number of nitrogens with one attached hydrogen (secondary N) is 1. The number of aromatic nitrogens is 1. The Labute approximate surface area is 105 Å². The summed E-state index contributed by atoms with van der Waals surface area (Å²) in [6, 6.07) is 5.66. The molecule has 0 saturated heterocycles. The predicted octanol–water partition coefficient (Wildman–Crippen LogP) is 4.17. The number of anilines is 1. The van der Waals surface area contributed by atoms with Gasteiger partial charge in [0, 0.05) is 21.1 Å². The molecule has 0 unspecified atom stereocenters. The van der Waals surface area contributed by atoms with Crippen LogP contribution in [0.3, 0.4) is 0 Å². The molecular formula is C10H8BrClN2S. The number of nitrogens with zero attached hydrogens (tertiary/aromatic N) is 1. The van der Waals surface area contributed by atoms with Gasteiger partial charge in [-0.15, -0.1) is 11.3 Å². The maximum atomic E-state index is 5.90. The fourth-order valence-electron chi connectivity index (χ4n) is 1.14. The van der Waals surface area contributed by atoms with Gasteiger partial charge in [0.05, 0.1) is 12.2 Å². The third kappa shape index (κ3) is 2.93. The topological polar surface area (TPSA) is 24.9 Å². The molecule has 1 aromatic carbocycles. The van der Waals surface area contributed by atoms with Crippen LogP contribution < -0.4 is 5.32 Å². The minimum atomic E-state index is 0.719. The molecule has 1 aromatic heterocycles. The Morgan fingerprint density at radius 3 is 3.07 bits per heavy atom. The summed E-state index contributed by atoms with van der Waals surface area (Å²) in [4.78, 5) is 4.19. The van der Waals surface area contributed by atoms with E-state index < -0.39 is 0 Å². The summed E-state index contributed by atoms with van der Waals surface area (Å²) >= 11 is 11.0. The number of rotatable bonds is 3. The normalized spacial score (nSPS) is 10.3. The second kappa shape index (κ2) is 4.96. The highest BCUT2D eigenvalue weighted by molar-refractivity contribution is 9.10. The summed E-state index contributed by atoms with van der Waals surface area (Å²) in [6.07, 6.45) is 1.80. The Morgan fingerprint density at radius 1 is 1.47 bits per heavy atom. The van der Waals surface area contributed by atoms with Gasteiger partial charge in [0.2, 0.25) is 0 Å². The SMILES string of the molecule is Clc1ccc(Br)c(NCc2nccs2)c1. The lowest BCUT2D eigenvalue weighted by Gasteiger charge is -2.06. The van der Waals surface area contributed by atoms with Crippen LogP contribution >= 0.6 is 38.9 Å². The number of thiazole rings is 1. The van der Waals surface area contributed by atoms with E-state index in [0.717, 1.165) is 26.7 Å². The lowest BCUT2D eigenvalue weighted by Crippen LogP contribution is -1.99. The number of hydrogen-bond acceptors (Lipinski definition) is 3. The second-order valence-corrected chi connectivity index (χ2v) is 5.17. The lowest BCUT2D eigenvalue weighted by atomic mass is 10.3. The van der Waals surface area contributed by atoms with E-state index in [0.29, 0.717) is 0 Å². The van der Waals surface area contributed by atoms with Crippen molar-refractivity contribution in [2.45, 2.75) is 6.54 Å². The molecule has 0 radical (unpaired) electrons. The van der Waals surface area contributed by atoms with Crippen LogP contribution in [-0.4, -0.2) is 4.98 Å². The molecule has 0 aliphatic rings. The van der Waals surface area contributed by atoms with Gasteiger partial charge in [-0.05, 0) is 34.1 Å². The Bertz CT molecular complexity index is 445. The number of hydrogen-bond donors (Lipinski definition) is 1. The summed E-state index contributed by atoms with van der Waals surface area (Å²) in [5, 5.41) is 7.01. The fraction of sp³-hybridized carbons (Fsp3) is 0.100. The van der Waals surface area contributed by atoms with Gasteiger partial charge in [0.15, 0.2) is 0 Å². The van der Waals surface area contributed by atoms with Crippen molar-refractivity contribution in [3.05, 3.63) is 44.3 Å². The summed E-state index contributed by atoms with van der Waals surface area (Å²) in [5.74, 6) is 0. The largest absolute Gasteiger partial charge is 0.378 e. The van der Waals surface area contributed by atoms with Crippen molar-refractivity contribution in [2.24, 2.45) is 0 Å². The van der Waals surface area contributed by atoms with Crippen molar-refractivity contribution >= 4 is 44.6 Å². The molecule has 2 rings (SSSR count). The smallest absolute Gasteiger partial charge is 0.112 e. The third-order valence-electron chi connectivity index (χ3n) is 1.84. The van der Waals surface area contributed by atoms with E-state index in [1.807, 2.05) is 23.6 Å². The van der Waals surface area contributed by atoms with Crippen molar-refractivity contribution in [1.82, 2.24) is 4.98 Å². The minimum absolute atomic E-state index is 0.719. The zero-order chi connectivity index (χ0) is 10.7. The first-order valence-corrected chi connectivity index (χ1v) is 6.38. The predicted molar refractivity (Wildman–Crippen MR) is 68.6 cm³/mol. The van der Waals surface area contributed by atoms with Crippen LogP contribution in [0, 0.1) is 0 Å². The molecule has 5 heteroatoms. The molecular weight excluding hydrogens is 296 g/mol. The van der Waals surface area contributed by atoms with E-state index >= 15 is 0 Å². The maximum absolute atomic E-state index is 5.90. The summed E-state index contributed by atoms with van der Waals surface area (Å²) in [7, 11) is 0. The van der Waals surface area contributed by atoms with Crippen LogP contribution in [0.15, 0.2) is 34.2 Å². The van der Waals surface area contributed by atoms with Gasteiger partial charge in [-0.2, -0.15) is 0 Å². The van der Waals surface area contributed by atoms with E-state index in [1.165, 1.54) is 0 Å². The molecule has 78 valence electrons. The molecule has 2 nitrogen and oxygen atoms in total. The first-order valence-electron chi connectivity index (χ1n) is 4.33. The van der Waals surface area contributed by atoms with Crippen molar-refractivity contribution < 1.29 is 0 Å². The van der Waals surface area contributed by atoms with Gasteiger partial charge in [0.25, 0.3) is 0 Å². The zero-order valence-electron chi connectivity index (χ0n) is 7.71. The second-order valence-electron chi connectivity index (χ2n) is 2.90. The highest BCUT2D eigenvalue weighted by Crippen LogP contribution is 2.26. The van der Waals surface area contributed by atoms with Crippen LogP contribution in [0.25, 0.3) is 0 Å². The first kappa shape index (κ1) is 10.9.